The Labute approximate surface area is 140 Å². The first-order chi connectivity index (χ1) is 11.6. The number of imidazole rings is 1. The number of rotatable bonds is 4. The van der Waals surface area contributed by atoms with Gasteiger partial charge in [0.15, 0.2) is 0 Å². The minimum absolute atomic E-state index is 0.0465. The van der Waals surface area contributed by atoms with Gasteiger partial charge in [-0.05, 0) is 37.3 Å². The van der Waals surface area contributed by atoms with E-state index in [1.165, 1.54) is 6.42 Å². The lowest BCUT2D eigenvalue weighted by atomic mass is 9.85. The van der Waals surface area contributed by atoms with Gasteiger partial charge in [-0.2, -0.15) is 0 Å². The van der Waals surface area contributed by atoms with E-state index in [9.17, 15) is 9.59 Å². The minimum Gasteiger partial charge on any atom is -0.353 e. The maximum Gasteiger partial charge on any atom is 0.328 e. The Morgan fingerprint density at radius 2 is 2.08 bits per heavy atom. The topological polar surface area (TPSA) is 68.1 Å². The van der Waals surface area contributed by atoms with Crippen molar-refractivity contribution in [2.45, 2.75) is 44.3 Å². The Balaban J connectivity index is 1.43. The molecule has 1 aromatic carbocycles. The van der Waals surface area contributed by atoms with Gasteiger partial charge in [-0.25, -0.2) is 4.79 Å². The van der Waals surface area contributed by atoms with Gasteiger partial charge in [-0.3, -0.25) is 13.9 Å². The lowest BCUT2D eigenvalue weighted by molar-refractivity contribution is -0.122. The standard InChI is InChI=1S/C18H24N4O2/c1-21-15-4-2-3-5-16(15)22(18(21)24)9-8-17(23)20-14-7-6-13-10-12(14)11-19-13/h2-5,12-14,19H,6-11H2,1H3,(H,20,23). The van der Waals surface area contributed by atoms with Gasteiger partial charge in [0.05, 0.1) is 11.0 Å². The molecule has 2 aromatic rings. The summed E-state index contributed by atoms with van der Waals surface area (Å²) < 4.78 is 3.33. The average molecular weight is 328 g/mol. The van der Waals surface area contributed by atoms with Crippen molar-refractivity contribution in [1.82, 2.24) is 19.8 Å². The van der Waals surface area contributed by atoms with E-state index in [0.717, 1.165) is 30.4 Å². The van der Waals surface area contributed by atoms with E-state index < -0.39 is 0 Å². The summed E-state index contributed by atoms with van der Waals surface area (Å²) in [6.45, 7) is 1.43. The highest BCUT2D eigenvalue weighted by atomic mass is 16.2. The van der Waals surface area contributed by atoms with Crippen molar-refractivity contribution in [2.75, 3.05) is 6.54 Å². The molecule has 2 bridgehead atoms. The van der Waals surface area contributed by atoms with E-state index in [-0.39, 0.29) is 17.6 Å². The zero-order valence-electron chi connectivity index (χ0n) is 14.0. The molecule has 1 aliphatic carbocycles. The van der Waals surface area contributed by atoms with Gasteiger partial charge in [0.25, 0.3) is 0 Å². The van der Waals surface area contributed by atoms with Crippen LogP contribution in [0.2, 0.25) is 0 Å². The lowest BCUT2D eigenvalue weighted by Crippen LogP contribution is -2.43. The molecule has 3 atom stereocenters. The van der Waals surface area contributed by atoms with Gasteiger partial charge in [-0.15, -0.1) is 0 Å². The molecule has 2 heterocycles. The van der Waals surface area contributed by atoms with E-state index in [1.807, 2.05) is 24.3 Å². The second kappa shape index (κ2) is 6.09. The van der Waals surface area contributed by atoms with Crippen LogP contribution in [0, 0.1) is 5.92 Å². The van der Waals surface area contributed by atoms with Crippen LogP contribution in [0.5, 0.6) is 0 Å². The van der Waals surface area contributed by atoms with Crippen molar-refractivity contribution in [3.8, 4) is 0 Å². The summed E-state index contributed by atoms with van der Waals surface area (Å²) >= 11 is 0. The van der Waals surface area contributed by atoms with Crippen LogP contribution in [0.4, 0.5) is 0 Å². The van der Waals surface area contributed by atoms with Crippen molar-refractivity contribution in [3.63, 3.8) is 0 Å². The maximum absolute atomic E-state index is 12.4. The summed E-state index contributed by atoms with van der Waals surface area (Å²) in [6, 6.07) is 8.64. The van der Waals surface area contributed by atoms with Crippen molar-refractivity contribution >= 4 is 16.9 Å². The number of benzene rings is 1. The fourth-order valence-corrected chi connectivity index (χ4v) is 4.25. The van der Waals surface area contributed by atoms with E-state index in [0.29, 0.717) is 24.9 Å². The number of nitrogens with one attached hydrogen (secondary N) is 2. The highest BCUT2D eigenvalue weighted by Gasteiger charge is 2.35. The number of nitrogens with zero attached hydrogens (tertiary/aromatic N) is 2. The molecule has 0 spiro atoms. The monoisotopic (exact) mass is 328 g/mol. The van der Waals surface area contributed by atoms with Crippen LogP contribution in [0.3, 0.4) is 0 Å². The normalized spacial score (nSPS) is 26.0. The van der Waals surface area contributed by atoms with Crippen molar-refractivity contribution < 1.29 is 4.79 Å². The molecule has 4 rings (SSSR count). The summed E-state index contributed by atoms with van der Waals surface area (Å²) in [5.41, 5.74) is 1.72. The fraction of sp³-hybridized carbons (Fsp3) is 0.556. The van der Waals surface area contributed by atoms with Gasteiger partial charge in [0.2, 0.25) is 5.91 Å². The number of carbonyl (C=O) groups excluding carboxylic acids is 1. The summed E-state index contributed by atoms with van der Waals surface area (Å²) in [5.74, 6) is 0.609. The predicted molar refractivity (Wildman–Crippen MR) is 92.9 cm³/mol. The molecule has 128 valence electrons. The molecule has 1 aliphatic heterocycles. The lowest BCUT2D eigenvalue weighted by Gasteiger charge is -2.28. The smallest absolute Gasteiger partial charge is 0.328 e. The summed E-state index contributed by atoms with van der Waals surface area (Å²) in [5, 5.41) is 6.70. The van der Waals surface area contributed by atoms with Gasteiger partial charge in [0, 0.05) is 38.6 Å². The first-order valence-electron chi connectivity index (χ1n) is 8.80. The third-order valence-corrected chi connectivity index (χ3v) is 5.61. The van der Waals surface area contributed by atoms with Gasteiger partial charge in [-0.1, -0.05) is 12.1 Å². The number of carbonyl (C=O) groups is 1. The first-order valence-corrected chi connectivity index (χ1v) is 8.80. The van der Waals surface area contributed by atoms with Crippen molar-refractivity contribution in [1.29, 1.82) is 0 Å². The predicted octanol–water partition coefficient (Wildman–Crippen LogP) is 0.987. The number of aromatic nitrogens is 2. The van der Waals surface area contributed by atoms with Crippen LogP contribution in [0.25, 0.3) is 11.0 Å². The van der Waals surface area contributed by atoms with Gasteiger partial charge >= 0.3 is 5.69 Å². The molecule has 2 fully saturated rings. The molecule has 1 saturated heterocycles. The Kier molecular flexibility index (Phi) is 3.92. The molecular formula is C18H24N4O2. The Hall–Kier alpha value is -2.08. The first kappa shape index (κ1) is 15.4. The third-order valence-electron chi connectivity index (χ3n) is 5.61. The zero-order chi connectivity index (χ0) is 16.7. The van der Waals surface area contributed by atoms with E-state index in [4.69, 9.17) is 0 Å². The molecule has 3 unspecified atom stereocenters. The number of amides is 1. The SMILES string of the molecule is Cn1c(=O)n(CCC(=O)NC2CCC3CC2CN3)c2ccccc21. The third kappa shape index (κ3) is 2.65. The highest BCUT2D eigenvalue weighted by Crippen LogP contribution is 2.29. The largest absolute Gasteiger partial charge is 0.353 e. The molecule has 0 radical (unpaired) electrons. The minimum atomic E-state index is -0.0653. The van der Waals surface area contributed by atoms with Crippen LogP contribution in [-0.2, 0) is 18.4 Å². The summed E-state index contributed by atoms with van der Waals surface area (Å²) in [6.07, 6.45) is 3.72. The van der Waals surface area contributed by atoms with Crippen LogP contribution < -0.4 is 16.3 Å². The number of hydrogen-bond donors (Lipinski definition) is 2. The zero-order valence-corrected chi connectivity index (χ0v) is 14.0. The summed E-state index contributed by atoms with van der Waals surface area (Å²) in [4.78, 5) is 24.7. The fourth-order valence-electron chi connectivity index (χ4n) is 4.25. The Morgan fingerprint density at radius 3 is 2.92 bits per heavy atom. The van der Waals surface area contributed by atoms with E-state index in [1.54, 1.807) is 16.2 Å². The molecule has 1 amide bonds. The van der Waals surface area contributed by atoms with Crippen molar-refractivity contribution in [2.24, 2.45) is 13.0 Å². The molecular weight excluding hydrogens is 304 g/mol. The second-order valence-corrected chi connectivity index (χ2v) is 7.08. The second-order valence-electron chi connectivity index (χ2n) is 7.08. The van der Waals surface area contributed by atoms with Gasteiger partial charge < -0.3 is 10.6 Å². The summed E-state index contributed by atoms with van der Waals surface area (Å²) in [7, 11) is 1.77. The van der Waals surface area contributed by atoms with Crippen molar-refractivity contribution in [3.05, 3.63) is 34.7 Å². The van der Waals surface area contributed by atoms with E-state index >= 15 is 0 Å². The van der Waals surface area contributed by atoms with E-state index in [2.05, 4.69) is 10.6 Å². The quantitative estimate of drug-likeness (QED) is 0.879. The number of para-hydroxylation sites is 2. The van der Waals surface area contributed by atoms with Crippen LogP contribution in [0.15, 0.2) is 29.1 Å². The molecule has 24 heavy (non-hydrogen) atoms. The molecule has 1 aromatic heterocycles. The molecule has 1 saturated carbocycles. The molecule has 6 heteroatoms. The number of aryl methyl sites for hydroxylation is 2. The Bertz CT molecular complexity index is 822. The number of fused-ring (bicyclic) bond motifs is 3. The molecule has 6 nitrogen and oxygen atoms in total. The molecule has 2 aliphatic rings. The Morgan fingerprint density at radius 1 is 1.29 bits per heavy atom. The van der Waals surface area contributed by atoms with Crippen LogP contribution in [-0.4, -0.2) is 33.7 Å². The van der Waals surface area contributed by atoms with Crippen LogP contribution >= 0.6 is 0 Å². The highest BCUT2D eigenvalue weighted by molar-refractivity contribution is 5.78. The van der Waals surface area contributed by atoms with Crippen LogP contribution in [0.1, 0.15) is 25.7 Å². The maximum atomic E-state index is 12.4. The molecule has 2 N–H and O–H groups in total. The average Bonchev–Trinajstić information content (AvgIpc) is 3.09. The van der Waals surface area contributed by atoms with Gasteiger partial charge in [0.1, 0.15) is 0 Å². The number of hydrogen-bond acceptors (Lipinski definition) is 3.